The topological polar surface area (TPSA) is 61.8 Å². The lowest BCUT2D eigenvalue weighted by Crippen LogP contribution is -2.30. The highest BCUT2D eigenvalue weighted by atomic mass is 35.5. The van der Waals surface area contributed by atoms with Gasteiger partial charge in [0.15, 0.2) is 6.29 Å². The van der Waals surface area contributed by atoms with Crippen LogP contribution in [0.4, 0.5) is 8.78 Å². The van der Waals surface area contributed by atoms with Crippen molar-refractivity contribution in [3.63, 3.8) is 0 Å². The third-order valence-electron chi connectivity index (χ3n) is 3.16. The minimum atomic E-state index is -2.54. The van der Waals surface area contributed by atoms with Crippen LogP contribution >= 0.6 is 23.2 Å². The Kier molecular flexibility index (Phi) is 9.08. The lowest BCUT2D eigenvalue weighted by atomic mass is 10.2. The van der Waals surface area contributed by atoms with Gasteiger partial charge in [0, 0.05) is 36.9 Å². The lowest BCUT2D eigenvalue weighted by molar-refractivity contribution is -0.124. The number of amides is 1. The molecule has 0 bridgehead atoms. The predicted octanol–water partition coefficient (Wildman–Crippen LogP) is 2.64. The zero-order chi connectivity index (χ0) is 18.8. The van der Waals surface area contributed by atoms with Crippen LogP contribution in [0.5, 0.6) is 0 Å². The summed E-state index contributed by atoms with van der Waals surface area (Å²) >= 11 is 11.6. The summed E-state index contributed by atoms with van der Waals surface area (Å²) in [5.41, 5.74) is 1.51. The second-order valence-corrected chi connectivity index (χ2v) is 5.68. The number of hydrogen-bond donors (Lipinski definition) is 1. The van der Waals surface area contributed by atoms with Crippen LogP contribution in [0.15, 0.2) is 51.3 Å². The van der Waals surface area contributed by atoms with E-state index in [-0.39, 0.29) is 29.9 Å². The quantitative estimate of drug-likeness (QED) is 0.204. The first-order chi connectivity index (χ1) is 11.9. The first-order valence-corrected chi connectivity index (χ1v) is 8.06. The summed E-state index contributed by atoms with van der Waals surface area (Å²) in [5.74, 6) is -0.127. The molecule has 0 fully saturated rings. The van der Waals surface area contributed by atoms with Gasteiger partial charge in [0.05, 0.1) is 11.6 Å². The molecular formula is C16H17Cl2F2N3O2. The minimum Gasteiger partial charge on any atom is -0.385 e. The van der Waals surface area contributed by atoms with Crippen LogP contribution in [0.25, 0.3) is 0 Å². The van der Waals surface area contributed by atoms with E-state index in [1.165, 1.54) is 29.5 Å². The number of halogens is 4. The summed E-state index contributed by atoms with van der Waals surface area (Å²) < 4.78 is 24.5. The van der Waals surface area contributed by atoms with E-state index < -0.39 is 13.0 Å². The Bertz CT molecular complexity index is 643. The third-order valence-corrected chi connectivity index (χ3v) is 3.68. The normalized spacial score (nSPS) is 16.4. The zero-order valence-corrected chi connectivity index (χ0v) is 14.7. The fourth-order valence-electron chi connectivity index (χ4n) is 2.11. The molecule has 25 heavy (non-hydrogen) atoms. The highest BCUT2D eigenvalue weighted by Crippen LogP contribution is 2.23. The van der Waals surface area contributed by atoms with E-state index in [1.807, 2.05) is 0 Å². The van der Waals surface area contributed by atoms with Crippen LogP contribution in [0.1, 0.15) is 0 Å². The van der Waals surface area contributed by atoms with Gasteiger partial charge in [-0.15, -0.1) is 11.6 Å². The van der Waals surface area contributed by atoms with Crippen molar-refractivity contribution in [2.45, 2.75) is 6.43 Å². The molecule has 0 aromatic rings. The molecule has 0 aliphatic carbocycles. The van der Waals surface area contributed by atoms with E-state index in [9.17, 15) is 18.4 Å². The van der Waals surface area contributed by atoms with Crippen molar-refractivity contribution in [3.8, 4) is 0 Å². The smallest absolute Gasteiger partial charge is 0.255 e. The second-order valence-electron chi connectivity index (χ2n) is 4.98. The molecule has 0 aromatic carbocycles. The van der Waals surface area contributed by atoms with Crippen molar-refractivity contribution in [1.29, 1.82) is 0 Å². The minimum absolute atomic E-state index is 0.0678. The number of nitrogens with zero attached hydrogens (tertiary/aromatic N) is 2. The number of nitrogens with one attached hydrogen (secondary N) is 1. The Balaban J connectivity index is 2.94. The fourth-order valence-corrected chi connectivity index (χ4v) is 2.48. The third kappa shape index (κ3) is 6.80. The van der Waals surface area contributed by atoms with Crippen molar-refractivity contribution in [1.82, 2.24) is 10.2 Å². The number of rotatable bonds is 10. The van der Waals surface area contributed by atoms with Gasteiger partial charge in [-0.3, -0.25) is 14.6 Å². The molecule has 1 aliphatic heterocycles. The summed E-state index contributed by atoms with van der Waals surface area (Å²) in [7, 11) is 0. The standard InChI is InChI=1S/C16H17Cl2F2N3O2/c1-21-3-2-14-12(5-17)9-23(16(14)25)8-11(4-13(18)10-24)6-22-7-15(19)20/h2-4,6,10,15,22H,1,5,7-9H2/b3-2-,11-6?,13-4?. The van der Waals surface area contributed by atoms with Crippen molar-refractivity contribution in [2.75, 3.05) is 25.5 Å². The number of carbonyl (C=O) groups is 2. The van der Waals surface area contributed by atoms with Crippen molar-refractivity contribution in [2.24, 2.45) is 4.99 Å². The van der Waals surface area contributed by atoms with Crippen LogP contribution in [-0.2, 0) is 9.59 Å². The van der Waals surface area contributed by atoms with Gasteiger partial charge in [-0.2, -0.15) is 0 Å². The van der Waals surface area contributed by atoms with Gasteiger partial charge in [0.1, 0.15) is 0 Å². The molecule has 0 saturated heterocycles. The number of allylic oxidation sites excluding steroid dienone is 1. The van der Waals surface area contributed by atoms with E-state index >= 15 is 0 Å². The number of alkyl halides is 3. The molecule has 0 spiro atoms. The van der Waals surface area contributed by atoms with Crippen molar-refractivity contribution in [3.05, 3.63) is 46.3 Å². The zero-order valence-electron chi connectivity index (χ0n) is 13.2. The van der Waals surface area contributed by atoms with Gasteiger partial charge in [0.25, 0.3) is 12.3 Å². The van der Waals surface area contributed by atoms with E-state index in [0.717, 1.165) is 0 Å². The van der Waals surface area contributed by atoms with Gasteiger partial charge in [-0.25, -0.2) is 8.78 Å². The average Bonchev–Trinajstić information content (AvgIpc) is 2.87. The summed E-state index contributed by atoms with van der Waals surface area (Å²) in [6.07, 6.45) is 3.38. The maximum absolute atomic E-state index is 12.5. The Labute approximate surface area is 154 Å². The van der Waals surface area contributed by atoms with E-state index in [0.29, 0.717) is 23.0 Å². The van der Waals surface area contributed by atoms with Crippen LogP contribution in [0.2, 0.25) is 0 Å². The van der Waals surface area contributed by atoms with E-state index in [1.54, 1.807) is 0 Å². The monoisotopic (exact) mass is 391 g/mol. The SMILES string of the molecule is C=N/C=C\C1=C(CCl)CN(CC(C=C(Cl)C=O)=CNCC(F)F)C1=O. The molecule has 1 amide bonds. The van der Waals surface area contributed by atoms with Crippen LogP contribution in [-0.4, -0.2) is 55.8 Å². The Morgan fingerprint density at radius 3 is 2.76 bits per heavy atom. The summed E-state index contributed by atoms with van der Waals surface area (Å²) in [6.45, 7) is 3.09. The molecule has 0 atom stereocenters. The van der Waals surface area contributed by atoms with Crippen LogP contribution in [0.3, 0.4) is 0 Å². The molecule has 5 nitrogen and oxygen atoms in total. The first-order valence-electron chi connectivity index (χ1n) is 7.15. The van der Waals surface area contributed by atoms with Gasteiger partial charge in [-0.1, -0.05) is 11.6 Å². The highest BCUT2D eigenvalue weighted by Gasteiger charge is 2.28. The fraction of sp³-hybridized carbons (Fsp3) is 0.312. The van der Waals surface area contributed by atoms with Gasteiger partial charge in [-0.05, 0) is 30.0 Å². The average molecular weight is 392 g/mol. The Hall–Kier alpha value is -1.99. The second kappa shape index (κ2) is 10.8. The highest BCUT2D eigenvalue weighted by molar-refractivity contribution is 6.38. The number of aliphatic imine (C=N–C) groups is 1. The molecule has 1 aliphatic rings. The molecule has 1 heterocycles. The molecular weight excluding hydrogens is 375 g/mol. The van der Waals surface area contributed by atoms with Gasteiger partial charge in [0.2, 0.25) is 0 Å². The lowest BCUT2D eigenvalue weighted by Gasteiger charge is -2.18. The number of hydrogen-bond acceptors (Lipinski definition) is 4. The largest absolute Gasteiger partial charge is 0.385 e. The Morgan fingerprint density at radius 2 is 2.20 bits per heavy atom. The molecule has 0 unspecified atom stereocenters. The number of aldehydes is 1. The first kappa shape index (κ1) is 21.1. The van der Waals surface area contributed by atoms with E-state index in [4.69, 9.17) is 23.2 Å². The summed E-state index contributed by atoms with van der Waals surface area (Å²) in [5, 5.41) is 2.32. The molecule has 136 valence electrons. The molecule has 9 heteroatoms. The van der Waals surface area contributed by atoms with Crippen molar-refractivity contribution < 1.29 is 18.4 Å². The molecule has 1 rings (SSSR count). The molecule has 0 saturated carbocycles. The van der Waals surface area contributed by atoms with E-state index in [2.05, 4.69) is 17.0 Å². The predicted molar refractivity (Wildman–Crippen MR) is 95.1 cm³/mol. The van der Waals surface area contributed by atoms with Crippen LogP contribution in [0, 0.1) is 0 Å². The summed E-state index contributed by atoms with van der Waals surface area (Å²) in [6, 6.07) is 0. The summed E-state index contributed by atoms with van der Waals surface area (Å²) in [4.78, 5) is 28.2. The maximum atomic E-state index is 12.5. The molecule has 0 radical (unpaired) electrons. The van der Waals surface area contributed by atoms with Crippen LogP contribution < -0.4 is 5.32 Å². The maximum Gasteiger partial charge on any atom is 0.255 e. The van der Waals surface area contributed by atoms with Gasteiger partial charge >= 0.3 is 0 Å². The molecule has 0 aromatic heterocycles. The van der Waals surface area contributed by atoms with Crippen molar-refractivity contribution >= 4 is 42.1 Å². The number of carbonyl (C=O) groups excluding carboxylic acids is 2. The molecule has 1 N–H and O–H groups in total. The van der Waals surface area contributed by atoms with Gasteiger partial charge < -0.3 is 10.2 Å². The Morgan fingerprint density at radius 1 is 1.48 bits per heavy atom.